The Morgan fingerprint density at radius 1 is 1.21 bits per heavy atom. The number of halogens is 1. The summed E-state index contributed by atoms with van der Waals surface area (Å²) in [7, 11) is 0. The van der Waals surface area contributed by atoms with Crippen molar-refractivity contribution >= 4 is 34.9 Å². The number of amidine groups is 1. The fourth-order valence-electron chi connectivity index (χ4n) is 1.88. The van der Waals surface area contributed by atoms with Crippen LogP contribution in [-0.2, 0) is 11.3 Å². The van der Waals surface area contributed by atoms with Gasteiger partial charge in [0.15, 0.2) is 5.17 Å². The molecule has 0 saturated carbocycles. The lowest BCUT2D eigenvalue weighted by Gasteiger charge is -2.11. The van der Waals surface area contributed by atoms with Crippen molar-refractivity contribution in [1.29, 1.82) is 0 Å². The zero-order valence-electron chi connectivity index (χ0n) is 17.1. The standard InChI is InChI=1S/C17H17FN4OS.2C2H6/c1-12(14-3-5-15(18)6-4-14)22-17(24-2)20-10-13-7-8-19-16(9-13)21-11-23;2*1-2/h3-9,11H,1,10H2,2H3,(H,20,22)(H,19,21,23);2*1-2H3. The van der Waals surface area contributed by atoms with Crippen molar-refractivity contribution in [2.75, 3.05) is 11.6 Å². The number of anilines is 1. The second-order valence-electron chi connectivity index (χ2n) is 4.75. The lowest BCUT2D eigenvalue weighted by molar-refractivity contribution is -0.105. The highest BCUT2D eigenvalue weighted by Gasteiger charge is 2.03. The van der Waals surface area contributed by atoms with Gasteiger partial charge in [-0.1, -0.05) is 58.2 Å². The van der Waals surface area contributed by atoms with Gasteiger partial charge in [-0.15, -0.1) is 0 Å². The van der Waals surface area contributed by atoms with E-state index in [1.807, 2.05) is 40.0 Å². The molecule has 7 heteroatoms. The van der Waals surface area contributed by atoms with E-state index in [4.69, 9.17) is 0 Å². The number of aromatic nitrogens is 1. The highest BCUT2D eigenvalue weighted by Crippen LogP contribution is 2.13. The third kappa shape index (κ3) is 9.32. The van der Waals surface area contributed by atoms with E-state index in [1.165, 1.54) is 23.9 Å². The number of benzene rings is 1. The summed E-state index contributed by atoms with van der Waals surface area (Å²) in [4.78, 5) is 19.0. The molecular weight excluding hydrogens is 375 g/mol. The number of carbonyl (C=O) groups is 1. The highest BCUT2D eigenvalue weighted by atomic mass is 32.2. The van der Waals surface area contributed by atoms with Crippen molar-refractivity contribution in [2.45, 2.75) is 34.2 Å². The van der Waals surface area contributed by atoms with Gasteiger partial charge in [-0.25, -0.2) is 9.37 Å². The van der Waals surface area contributed by atoms with Crippen LogP contribution >= 0.6 is 11.8 Å². The molecule has 2 aromatic rings. The molecule has 0 aliphatic heterocycles. The van der Waals surface area contributed by atoms with Crippen LogP contribution in [0.15, 0.2) is 54.2 Å². The van der Waals surface area contributed by atoms with Gasteiger partial charge in [-0.05, 0) is 41.6 Å². The Balaban J connectivity index is 0.00000171. The van der Waals surface area contributed by atoms with Crippen LogP contribution in [0.25, 0.3) is 5.70 Å². The van der Waals surface area contributed by atoms with Gasteiger partial charge in [0.25, 0.3) is 0 Å². The van der Waals surface area contributed by atoms with E-state index in [0.717, 1.165) is 11.1 Å². The van der Waals surface area contributed by atoms with Crippen LogP contribution in [0, 0.1) is 5.82 Å². The molecule has 28 heavy (non-hydrogen) atoms. The molecule has 0 aliphatic rings. The highest BCUT2D eigenvalue weighted by molar-refractivity contribution is 8.13. The van der Waals surface area contributed by atoms with E-state index in [0.29, 0.717) is 29.6 Å². The van der Waals surface area contributed by atoms with Crippen LogP contribution in [0.2, 0.25) is 0 Å². The molecule has 0 saturated heterocycles. The molecule has 2 N–H and O–H groups in total. The zero-order chi connectivity index (χ0) is 21.4. The number of aliphatic imine (C=N–C) groups is 1. The summed E-state index contributed by atoms with van der Waals surface area (Å²) in [5.41, 5.74) is 2.34. The molecule has 0 bridgehead atoms. The van der Waals surface area contributed by atoms with Gasteiger partial charge in [0.1, 0.15) is 11.6 Å². The third-order valence-corrected chi connectivity index (χ3v) is 3.70. The van der Waals surface area contributed by atoms with E-state index in [1.54, 1.807) is 24.4 Å². The quantitative estimate of drug-likeness (QED) is 0.388. The number of nitrogens with zero attached hydrogens (tertiary/aromatic N) is 2. The molecule has 0 fully saturated rings. The van der Waals surface area contributed by atoms with Gasteiger partial charge in [-0.2, -0.15) is 0 Å². The van der Waals surface area contributed by atoms with Gasteiger partial charge < -0.3 is 10.6 Å². The maximum Gasteiger partial charge on any atom is 0.212 e. The molecule has 0 atom stereocenters. The topological polar surface area (TPSA) is 66.4 Å². The summed E-state index contributed by atoms with van der Waals surface area (Å²) < 4.78 is 13.0. The first-order valence-electron chi connectivity index (χ1n) is 9.08. The van der Waals surface area contributed by atoms with Crippen molar-refractivity contribution in [3.8, 4) is 0 Å². The minimum absolute atomic E-state index is 0.289. The van der Waals surface area contributed by atoms with Gasteiger partial charge in [-0.3, -0.25) is 9.79 Å². The number of pyridine rings is 1. The van der Waals surface area contributed by atoms with E-state index in [9.17, 15) is 9.18 Å². The van der Waals surface area contributed by atoms with Crippen molar-refractivity contribution in [1.82, 2.24) is 10.3 Å². The summed E-state index contributed by atoms with van der Waals surface area (Å²) in [6.45, 7) is 12.4. The van der Waals surface area contributed by atoms with Crippen molar-refractivity contribution in [3.05, 3.63) is 66.1 Å². The molecule has 0 spiro atoms. The fraction of sp³-hybridized carbons (Fsp3) is 0.286. The average molecular weight is 405 g/mol. The summed E-state index contributed by atoms with van der Waals surface area (Å²) in [5.74, 6) is 0.190. The number of nitrogens with one attached hydrogen (secondary N) is 2. The van der Waals surface area contributed by atoms with E-state index >= 15 is 0 Å². The van der Waals surface area contributed by atoms with Gasteiger partial charge >= 0.3 is 0 Å². The monoisotopic (exact) mass is 404 g/mol. The van der Waals surface area contributed by atoms with Crippen molar-refractivity contribution in [2.24, 2.45) is 4.99 Å². The summed E-state index contributed by atoms with van der Waals surface area (Å²) in [6, 6.07) is 9.66. The molecule has 1 aromatic heterocycles. The SMILES string of the molecule is C=C(NC(=NCc1ccnc(NC=O)c1)SC)c1ccc(F)cc1.CC.CC. The molecule has 1 amide bonds. The smallest absolute Gasteiger partial charge is 0.212 e. The fourth-order valence-corrected chi connectivity index (χ4v) is 2.30. The van der Waals surface area contributed by atoms with Crippen molar-refractivity contribution < 1.29 is 9.18 Å². The summed E-state index contributed by atoms with van der Waals surface area (Å²) in [6.07, 6.45) is 4.09. The van der Waals surface area contributed by atoms with Crippen LogP contribution in [-0.4, -0.2) is 22.8 Å². The zero-order valence-corrected chi connectivity index (χ0v) is 17.9. The first kappa shape index (κ1) is 25.3. The number of thioether (sulfide) groups is 1. The summed E-state index contributed by atoms with van der Waals surface area (Å²) >= 11 is 1.45. The van der Waals surface area contributed by atoms with Crippen LogP contribution < -0.4 is 10.6 Å². The van der Waals surface area contributed by atoms with Crippen molar-refractivity contribution in [3.63, 3.8) is 0 Å². The number of amides is 1. The Kier molecular flexibility index (Phi) is 13.9. The summed E-state index contributed by atoms with van der Waals surface area (Å²) in [5, 5.41) is 6.31. The van der Waals surface area contributed by atoms with Crippen LogP contribution in [0.4, 0.5) is 10.2 Å². The van der Waals surface area contributed by atoms with Gasteiger partial charge in [0.05, 0.1) is 6.54 Å². The molecule has 1 heterocycles. The van der Waals surface area contributed by atoms with E-state index in [-0.39, 0.29) is 5.82 Å². The lowest BCUT2D eigenvalue weighted by Crippen LogP contribution is -2.18. The number of rotatable bonds is 6. The average Bonchev–Trinajstić information content (AvgIpc) is 2.75. The normalized spacial score (nSPS) is 9.86. The Hall–Kier alpha value is -2.67. The first-order chi connectivity index (χ1) is 13.6. The Bertz CT molecular complexity index is 748. The Labute approximate surface area is 171 Å². The largest absolute Gasteiger partial charge is 0.335 e. The third-order valence-electron chi connectivity index (χ3n) is 3.08. The molecule has 5 nitrogen and oxygen atoms in total. The lowest BCUT2D eigenvalue weighted by atomic mass is 10.2. The van der Waals surface area contributed by atoms with Crippen LogP contribution in [0.5, 0.6) is 0 Å². The minimum Gasteiger partial charge on any atom is -0.335 e. The molecule has 0 unspecified atom stereocenters. The van der Waals surface area contributed by atoms with Gasteiger partial charge in [0.2, 0.25) is 6.41 Å². The first-order valence-corrected chi connectivity index (χ1v) is 10.3. The van der Waals surface area contributed by atoms with E-state index < -0.39 is 0 Å². The maximum absolute atomic E-state index is 13.0. The Morgan fingerprint density at radius 3 is 2.43 bits per heavy atom. The molecular formula is C21H29FN4OS. The second-order valence-corrected chi connectivity index (χ2v) is 5.54. The molecule has 1 aromatic carbocycles. The molecule has 0 radical (unpaired) electrons. The molecule has 2 rings (SSSR count). The van der Waals surface area contributed by atoms with Crippen LogP contribution in [0.3, 0.4) is 0 Å². The number of carbonyl (C=O) groups excluding carboxylic acids is 1. The minimum atomic E-state index is -0.289. The second kappa shape index (κ2) is 15.4. The Morgan fingerprint density at radius 2 is 1.86 bits per heavy atom. The predicted octanol–water partition coefficient (Wildman–Crippen LogP) is 5.32. The van der Waals surface area contributed by atoms with Gasteiger partial charge in [0, 0.05) is 11.9 Å². The predicted molar refractivity (Wildman–Crippen MR) is 120 cm³/mol. The number of hydrogen-bond acceptors (Lipinski definition) is 4. The van der Waals surface area contributed by atoms with E-state index in [2.05, 4.69) is 27.2 Å². The molecule has 152 valence electrons. The molecule has 0 aliphatic carbocycles. The maximum atomic E-state index is 13.0. The number of hydrogen-bond donors (Lipinski definition) is 2. The van der Waals surface area contributed by atoms with Crippen LogP contribution in [0.1, 0.15) is 38.8 Å².